The highest BCUT2D eigenvalue weighted by molar-refractivity contribution is 7.61. The van der Waals surface area contributed by atoms with Gasteiger partial charge in [-0.15, -0.1) is 0 Å². The number of rotatable bonds is 19. The van der Waals surface area contributed by atoms with E-state index in [2.05, 4.69) is 9.98 Å². The molecule has 6 atom stereocenters. The summed E-state index contributed by atoms with van der Waals surface area (Å²) in [5, 5.41) is 0. The Hall–Kier alpha value is -5.28. The number of carbonyl (C=O) groups is 5. The summed E-state index contributed by atoms with van der Waals surface area (Å²) in [5.74, 6) is -1.73. The fourth-order valence-corrected chi connectivity index (χ4v) is 11.2. The third kappa shape index (κ3) is 10.1. The summed E-state index contributed by atoms with van der Waals surface area (Å²) in [6.45, 7) is 0.826. The van der Waals surface area contributed by atoms with Crippen LogP contribution in [-0.2, 0) is 18.9 Å². The van der Waals surface area contributed by atoms with Gasteiger partial charge in [-0.25, -0.2) is 8.78 Å². The van der Waals surface area contributed by atoms with Crippen LogP contribution in [0.1, 0.15) is 65.7 Å². The SMILES string of the molecule is COc1cc2c(cc1OCCP(=O)(CCOc1cc3c(cc1OC)C(=O)C1C[C@@H](F)C[C@H]1C=N3)N(C)CCCN(C)C(=O)CCCN1C(=O)C=CC1=O)N=C[C@@H]1C[C@H](F)CC1C2=O. The number of nitrogens with zero attached hydrogens (tertiary/aromatic N) is 5. The molecule has 7 rings (SSSR count). The summed E-state index contributed by atoms with van der Waals surface area (Å²) in [4.78, 5) is 75.3. The first-order valence-corrected chi connectivity index (χ1v) is 23.4. The Labute approximate surface area is 365 Å². The molecule has 2 aromatic rings. The summed E-state index contributed by atoms with van der Waals surface area (Å²) >= 11 is 0. The molecule has 3 amide bonds. The Kier molecular flexibility index (Phi) is 14.2. The van der Waals surface area contributed by atoms with Crippen LogP contribution in [0.15, 0.2) is 46.4 Å². The van der Waals surface area contributed by atoms with E-state index in [1.165, 1.54) is 26.4 Å². The Balaban J connectivity index is 1.02. The van der Waals surface area contributed by atoms with Crippen LogP contribution >= 0.6 is 7.29 Å². The number of halogens is 2. The molecule has 15 nitrogen and oxygen atoms in total. The molecule has 2 saturated carbocycles. The van der Waals surface area contributed by atoms with E-state index >= 15 is 4.57 Å². The van der Waals surface area contributed by atoms with Gasteiger partial charge in [-0.1, -0.05) is 0 Å². The number of benzene rings is 2. The fraction of sp³-hybridized carbons (Fsp3) is 0.533. The molecule has 0 radical (unpaired) electrons. The minimum atomic E-state index is -3.29. The van der Waals surface area contributed by atoms with Gasteiger partial charge < -0.3 is 28.4 Å². The van der Waals surface area contributed by atoms with Gasteiger partial charge >= 0.3 is 0 Å². The molecule has 0 spiro atoms. The van der Waals surface area contributed by atoms with Crippen molar-refractivity contribution in [3.8, 4) is 23.0 Å². The number of methoxy groups -OCH3 is 2. The first-order chi connectivity index (χ1) is 30.2. The monoisotopic (exact) mass is 893 g/mol. The highest BCUT2D eigenvalue weighted by atomic mass is 31.2. The largest absolute Gasteiger partial charge is 0.493 e. The number of ketones is 2. The first kappa shape index (κ1) is 45.7. The molecule has 2 aromatic carbocycles. The number of aliphatic imine (C=N–C) groups is 2. The third-order valence-electron chi connectivity index (χ3n) is 12.8. The van der Waals surface area contributed by atoms with Crippen LogP contribution < -0.4 is 18.9 Å². The van der Waals surface area contributed by atoms with Crippen molar-refractivity contribution < 1.29 is 56.3 Å². The van der Waals surface area contributed by atoms with Gasteiger partial charge in [0.15, 0.2) is 41.9 Å². The predicted octanol–water partition coefficient (Wildman–Crippen LogP) is 6.45. The van der Waals surface area contributed by atoms with E-state index in [1.54, 1.807) is 60.4 Å². The Bertz CT molecular complexity index is 2140. The van der Waals surface area contributed by atoms with Crippen LogP contribution in [0.3, 0.4) is 0 Å². The van der Waals surface area contributed by atoms with Gasteiger partial charge in [0, 0.05) is 117 Å². The minimum absolute atomic E-state index is 0.0137. The lowest BCUT2D eigenvalue weighted by atomic mass is 9.89. The van der Waals surface area contributed by atoms with Crippen LogP contribution in [0.4, 0.5) is 20.2 Å². The first-order valence-electron chi connectivity index (χ1n) is 21.4. The lowest BCUT2D eigenvalue weighted by Crippen LogP contribution is -2.33. The van der Waals surface area contributed by atoms with Gasteiger partial charge in [0.2, 0.25) is 5.91 Å². The fourth-order valence-electron chi connectivity index (χ4n) is 9.07. The number of imide groups is 1. The molecule has 63 heavy (non-hydrogen) atoms. The number of alkyl halides is 2. The van der Waals surface area contributed by atoms with Crippen LogP contribution in [-0.4, -0.2) is 142 Å². The molecular formula is C45H54F2N5O10P. The molecular weight excluding hydrogens is 839 g/mol. The maximum Gasteiger partial charge on any atom is 0.253 e. The Morgan fingerprint density at radius 3 is 1.70 bits per heavy atom. The average molecular weight is 894 g/mol. The molecule has 18 heteroatoms. The van der Waals surface area contributed by atoms with Crippen molar-refractivity contribution in [2.75, 3.05) is 73.5 Å². The number of fused-ring (bicyclic) bond motifs is 4. The zero-order valence-electron chi connectivity index (χ0n) is 36.0. The molecule has 0 aromatic heterocycles. The topological polar surface area (TPSA) is 174 Å². The predicted molar refractivity (Wildman–Crippen MR) is 231 cm³/mol. The molecule has 3 heterocycles. The zero-order chi connectivity index (χ0) is 45.0. The Morgan fingerprint density at radius 1 is 0.730 bits per heavy atom. The van der Waals surface area contributed by atoms with E-state index in [-0.39, 0.29) is 105 Å². The van der Waals surface area contributed by atoms with Crippen molar-refractivity contribution in [1.29, 1.82) is 0 Å². The number of amides is 3. The maximum absolute atomic E-state index is 15.0. The highest BCUT2D eigenvalue weighted by Gasteiger charge is 2.42. The van der Waals surface area contributed by atoms with Gasteiger partial charge in [-0.3, -0.25) is 43.5 Å². The average Bonchev–Trinajstić information content (AvgIpc) is 3.90. The highest BCUT2D eigenvalue weighted by Crippen LogP contribution is 2.50. The number of Topliss-reactive ketones (excluding diaryl/α,β-unsaturated/α-hetero) is 2. The lowest BCUT2D eigenvalue weighted by molar-refractivity contribution is -0.138. The summed E-state index contributed by atoms with van der Waals surface area (Å²) in [6.07, 6.45) is 5.47. The third-order valence-corrected chi connectivity index (χ3v) is 16.0. The maximum atomic E-state index is 15.0. The molecule has 338 valence electrons. The summed E-state index contributed by atoms with van der Waals surface area (Å²) < 4.78 is 68.8. The van der Waals surface area contributed by atoms with Gasteiger partial charge in [-0.05, 0) is 57.7 Å². The van der Waals surface area contributed by atoms with E-state index in [0.29, 0.717) is 59.9 Å². The van der Waals surface area contributed by atoms with E-state index < -0.39 is 43.3 Å². The van der Waals surface area contributed by atoms with Crippen molar-refractivity contribution in [1.82, 2.24) is 14.5 Å². The molecule has 2 aliphatic carbocycles. The van der Waals surface area contributed by atoms with Gasteiger partial charge in [0.1, 0.15) is 12.3 Å². The van der Waals surface area contributed by atoms with Gasteiger partial charge in [0.05, 0.1) is 38.8 Å². The standard InChI is InChI=1S/C45H54F2N5O10P/c1-50(41(53)7-5-12-52-42(54)8-9-43(52)55)10-6-11-51(2)63(58,15-13-61-39-23-35-33(21-37(39)59-3)44(56)31-19-29(46)17-27(31)25-48-35)16-14-62-40-24-36-34(22-38(40)60-4)45(57)32-20-30(47)18-28(32)26-49-36/h8-9,21-32H,5-7,10-20H2,1-4H3/t27-,28-,29-,30-,31?,32?,63?/m0/s1. The minimum Gasteiger partial charge on any atom is -0.493 e. The molecule has 2 unspecified atom stereocenters. The van der Waals surface area contributed by atoms with Crippen LogP contribution in [0, 0.1) is 23.7 Å². The Morgan fingerprint density at radius 2 is 1.22 bits per heavy atom. The van der Waals surface area contributed by atoms with Gasteiger partial charge in [-0.2, -0.15) is 0 Å². The normalized spacial score (nSPS) is 24.4. The zero-order valence-corrected chi connectivity index (χ0v) is 36.9. The molecule has 3 aliphatic heterocycles. The number of ether oxygens (including phenoxy) is 4. The second-order valence-corrected chi connectivity index (χ2v) is 20.1. The number of hydrogen-bond acceptors (Lipinski definition) is 12. The van der Waals surface area contributed by atoms with Crippen molar-refractivity contribution >= 4 is 60.4 Å². The van der Waals surface area contributed by atoms with E-state index in [1.807, 2.05) is 0 Å². The van der Waals surface area contributed by atoms with Crippen LogP contribution in [0.25, 0.3) is 0 Å². The van der Waals surface area contributed by atoms with Crippen molar-refractivity contribution in [2.45, 2.75) is 57.3 Å². The lowest BCUT2D eigenvalue weighted by Gasteiger charge is -2.29. The molecule has 0 bridgehead atoms. The van der Waals surface area contributed by atoms with Gasteiger partial charge in [0.25, 0.3) is 11.8 Å². The van der Waals surface area contributed by atoms with Crippen LogP contribution in [0.2, 0.25) is 0 Å². The summed E-state index contributed by atoms with van der Waals surface area (Å²) in [7, 11) is 3.01. The van der Waals surface area contributed by atoms with E-state index in [4.69, 9.17) is 18.9 Å². The smallest absolute Gasteiger partial charge is 0.253 e. The van der Waals surface area contributed by atoms with Crippen molar-refractivity contribution in [3.63, 3.8) is 0 Å². The molecule has 0 saturated heterocycles. The quantitative estimate of drug-likeness (QED) is 0.112. The second-order valence-electron chi connectivity index (χ2n) is 16.8. The molecule has 5 aliphatic rings. The van der Waals surface area contributed by atoms with Crippen LogP contribution in [0.5, 0.6) is 23.0 Å². The summed E-state index contributed by atoms with van der Waals surface area (Å²) in [6, 6.07) is 6.35. The van der Waals surface area contributed by atoms with Crippen molar-refractivity contribution in [3.05, 3.63) is 47.5 Å². The van der Waals surface area contributed by atoms with E-state index in [9.17, 15) is 32.8 Å². The van der Waals surface area contributed by atoms with E-state index in [0.717, 1.165) is 4.90 Å². The molecule has 2 fully saturated rings. The summed E-state index contributed by atoms with van der Waals surface area (Å²) in [5.41, 5.74) is 1.44. The number of carbonyl (C=O) groups excluding carboxylic acids is 5. The number of hydrogen-bond donors (Lipinski definition) is 0. The molecule has 0 N–H and O–H groups in total. The van der Waals surface area contributed by atoms with Crippen molar-refractivity contribution in [2.24, 2.45) is 33.7 Å². The second kappa shape index (κ2) is 19.6.